The van der Waals surface area contributed by atoms with E-state index in [0.717, 1.165) is 0 Å². The van der Waals surface area contributed by atoms with E-state index in [2.05, 4.69) is 10.0 Å². The first-order valence-electron chi connectivity index (χ1n) is 8.95. The highest BCUT2D eigenvalue weighted by Crippen LogP contribution is 2.16. The molecule has 1 aromatic carbocycles. The maximum absolute atomic E-state index is 12.5. The first kappa shape index (κ1) is 22.3. The van der Waals surface area contributed by atoms with Crippen LogP contribution in [0.2, 0.25) is 0 Å². The smallest absolute Gasteiger partial charge is 0.251 e. The molecule has 0 bridgehead atoms. The number of carbonyl (C=O) groups excluding carboxylic acids is 1. The molecule has 1 heterocycles. The van der Waals surface area contributed by atoms with Crippen molar-refractivity contribution in [1.29, 1.82) is 5.26 Å². The van der Waals surface area contributed by atoms with Crippen LogP contribution in [0.3, 0.4) is 0 Å². The van der Waals surface area contributed by atoms with Crippen molar-refractivity contribution in [2.24, 2.45) is 0 Å². The van der Waals surface area contributed by atoms with Gasteiger partial charge in [-0.15, -0.1) is 0 Å². The standard InChI is InChI=1S/C17H24N4O5S2/c1-2-27(23,24)21-11-7-15(8-12-21)20-17(22)14-5-3-6-16(13-14)28(25,26)19-10-4-9-18/h3,5-6,13,15,19H,2,4,7-8,10-12H2,1H3,(H,20,22). The molecule has 0 saturated carbocycles. The van der Waals surface area contributed by atoms with Crippen molar-refractivity contribution < 1.29 is 21.6 Å². The van der Waals surface area contributed by atoms with Gasteiger partial charge in [0.15, 0.2) is 0 Å². The van der Waals surface area contributed by atoms with Crippen molar-refractivity contribution in [1.82, 2.24) is 14.3 Å². The molecule has 0 radical (unpaired) electrons. The number of nitrogens with one attached hydrogen (secondary N) is 2. The number of benzene rings is 1. The van der Waals surface area contributed by atoms with E-state index < -0.39 is 26.0 Å². The summed E-state index contributed by atoms with van der Waals surface area (Å²) < 4.78 is 51.9. The van der Waals surface area contributed by atoms with Gasteiger partial charge in [-0.05, 0) is 38.0 Å². The summed E-state index contributed by atoms with van der Waals surface area (Å²) >= 11 is 0. The van der Waals surface area contributed by atoms with Gasteiger partial charge < -0.3 is 5.32 Å². The third-order valence-electron chi connectivity index (χ3n) is 4.48. The average molecular weight is 429 g/mol. The van der Waals surface area contributed by atoms with E-state index in [1.807, 2.05) is 6.07 Å². The molecule has 11 heteroatoms. The van der Waals surface area contributed by atoms with Crippen molar-refractivity contribution in [3.05, 3.63) is 29.8 Å². The highest BCUT2D eigenvalue weighted by Gasteiger charge is 2.27. The van der Waals surface area contributed by atoms with Crippen LogP contribution in [-0.4, -0.2) is 58.5 Å². The Morgan fingerprint density at radius 3 is 2.54 bits per heavy atom. The molecule has 0 spiro atoms. The average Bonchev–Trinajstić information content (AvgIpc) is 2.68. The Labute approximate surface area is 165 Å². The van der Waals surface area contributed by atoms with Crippen LogP contribution in [-0.2, 0) is 20.0 Å². The number of rotatable bonds is 8. The molecule has 1 fully saturated rings. The van der Waals surface area contributed by atoms with Crippen LogP contribution in [0.15, 0.2) is 29.2 Å². The fourth-order valence-electron chi connectivity index (χ4n) is 2.86. The zero-order chi connectivity index (χ0) is 20.8. The van der Waals surface area contributed by atoms with E-state index >= 15 is 0 Å². The summed E-state index contributed by atoms with van der Waals surface area (Å²) in [5, 5.41) is 11.3. The van der Waals surface area contributed by atoms with E-state index in [-0.39, 0.29) is 35.2 Å². The molecule has 0 unspecified atom stereocenters. The number of sulfonamides is 2. The molecule has 2 N–H and O–H groups in total. The molecule has 2 rings (SSSR count). The molecule has 1 saturated heterocycles. The number of hydrogen-bond acceptors (Lipinski definition) is 6. The molecular weight excluding hydrogens is 404 g/mol. The summed E-state index contributed by atoms with van der Waals surface area (Å²) in [5.41, 5.74) is 0.201. The molecule has 154 valence electrons. The molecule has 0 aliphatic carbocycles. The Balaban J connectivity index is 2.00. The van der Waals surface area contributed by atoms with Gasteiger partial charge in [0.05, 0.1) is 16.7 Å². The second-order valence-corrected chi connectivity index (χ2v) is 10.4. The predicted octanol–water partition coefficient (Wildman–Crippen LogP) is 0.422. The molecule has 28 heavy (non-hydrogen) atoms. The molecular formula is C17H24N4O5S2. The minimum atomic E-state index is -3.80. The zero-order valence-electron chi connectivity index (χ0n) is 15.6. The van der Waals surface area contributed by atoms with Crippen molar-refractivity contribution in [3.63, 3.8) is 0 Å². The minimum Gasteiger partial charge on any atom is -0.349 e. The van der Waals surface area contributed by atoms with E-state index in [1.165, 1.54) is 28.6 Å². The second kappa shape index (κ2) is 9.47. The maximum atomic E-state index is 12.5. The lowest BCUT2D eigenvalue weighted by molar-refractivity contribution is 0.0923. The zero-order valence-corrected chi connectivity index (χ0v) is 17.2. The van der Waals surface area contributed by atoms with Gasteiger partial charge in [0, 0.05) is 37.7 Å². The van der Waals surface area contributed by atoms with Crippen LogP contribution in [0, 0.1) is 11.3 Å². The number of piperidine rings is 1. The number of carbonyl (C=O) groups is 1. The van der Waals surface area contributed by atoms with Gasteiger partial charge in [-0.3, -0.25) is 4.79 Å². The van der Waals surface area contributed by atoms with Crippen LogP contribution in [0.4, 0.5) is 0 Å². The molecule has 0 aromatic heterocycles. The van der Waals surface area contributed by atoms with Gasteiger partial charge in [-0.2, -0.15) is 5.26 Å². The topological polar surface area (TPSA) is 136 Å². The van der Waals surface area contributed by atoms with Gasteiger partial charge in [0.25, 0.3) is 5.91 Å². The monoisotopic (exact) mass is 428 g/mol. The summed E-state index contributed by atoms with van der Waals surface area (Å²) in [6.45, 7) is 2.28. The fraction of sp³-hybridized carbons (Fsp3) is 0.529. The number of amides is 1. The highest BCUT2D eigenvalue weighted by molar-refractivity contribution is 7.89. The summed E-state index contributed by atoms with van der Waals surface area (Å²) in [5.74, 6) is -0.362. The molecule has 1 aliphatic rings. The van der Waals surface area contributed by atoms with Crippen molar-refractivity contribution in [3.8, 4) is 6.07 Å². The highest BCUT2D eigenvalue weighted by atomic mass is 32.2. The number of nitrogens with zero attached hydrogens (tertiary/aromatic N) is 2. The van der Waals surface area contributed by atoms with E-state index in [0.29, 0.717) is 25.9 Å². The van der Waals surface area contributed by atoms with E-state index in [1.54, 1.807) is 6.92 Å². The van der Waals surface area contributed by atoms with Crippen molar-refractivity contribution in [2.75, 3.05) is 25.4 Å². The number of hydrogen-bond donors (Lipinski definition) is 2. The van der Waals surface area contributed by atoms with Crippen molar-refractivity contribution >= 4 is 26.0 Å². The lowest BCUT2D eigenvalue weighted by Crippen LogP contribution is -2.46. The Morgan fingerprint density at radius 2 is 1.93 bits per heavy atom. The van der Waals surface area contributed by atoms with Crippen LogP contribution in [0.1, 0.15) is 36.5 Å². The van der Waals surface area contributed by atoms with Gasteiger partial charge in [-0.25, -0.2) is 25.9 Å². The van der Waals surface area contributed by atoms with E-state index in [4.69, 9.17) is 5.26 Å². The predicted molar refractivity (Wildman–Crippen MR) is 103 cm³/mol. The third-order valence-corrected chi connectivity index (χ3v) is 7.82. The summed E-state index contributed by atoms with van der Waals surface area (Å²) in [6, 6.07) is 7.32. The van der Waals surface area contributed by atoms with Crippen LogP contribution in [0.25, 0.3) is 0 Å². The lowest BCUT2D eigenvalue weighted by Gasteiger charge is -2.31. The van der Waals surface area contributed by atoms with Gasteiger partial charge in [0.2, 0.25) is 20.0 Å². The second-order valence-electron chi connectivity index (χ2n) is 6.38. The molecule has 9 nitrogen and oxygen atoms in total. The van der Waals surface area contributed by atoms with Gasteiger partial charge >= 0.3 is 0 Å². The summed E-state index contributed by atoms with van der Waals surface area (Å²) in [6.07, 6.45) is 1.04. The normalized spacial score (nSPS) is 16.4. The lowest BCUT2D eigenvalue weighted by atomic mass is 10.1. The molecule has 1 amide bonds. The largest absolute Gasteiger partial charge is 0.349 e. The van der Waals surface area contributed by atoms with Crippen LogP contribution >= 0.6 is 0 Å². The first-order chi connectivity index (χ1) is 13.2. The third kappa shape index (κ3) is 5.75. The van der Waals surface area contributed by atoms with Crippen LogP contribution < -0.4 is 10.0 Å². The Morgan fingerprint density at radius 1 is 1.25 bits per heavy atom. The Kier molecular flexibility index (Phi) is 7.54. The molecule has 1 aromatic rings. The van der Waals surface area contributed by atoms with Gasteiger partial charge in [0.1, 0.15) is 0 Å². The van der Waals surface area contributed by atoms with Gasteiger partial charge in [-0.1, -0.05) is 6.07 Å². The van der Waals surface area contributed by atoms with Crippen LogP contribution in [0.5, 0.6) is 0 Å². The van der Waals surface area contributed by atoms with E-state index in [9.17, 15) is 21.6 Å². The molecule has 0 atom stereocenters. The number of nitriles is 1. The molecule has 1 aliphatic heterocycles. The quantitative estimate of drug-likeness (QED) is 0.576. The van der Waals surface area contributed by atoms with Crippen molar-refractivity contribution in [2.45, 2.75) is 37.1 Å². The maximum Gasteiger partial charge on any atom is 0.251 e. The fourth-order valence-corrected chi connectivity index (χ4v) is 5.07. The SMILES string of the molecule is CCS(=O)(=O)N1CCC(NC(=O)c2cccc(S(=O)(=O)NCCC#N)c2)CC1. The Hall–Kier alpha value is -2.00. The Bertz CT molecular complexity index is 946. The minimum absolute atomic E-state index is 0.00546. The summed E-state index contributed by atoms with van der Waals surface area (Å²) in [4.78, 5) is 12.4. The summed E-state index contributed by atoms with van der Waals surface area (Å²) in [7, 11) is -7.03. The first-order valence-corrected chi connectivity index (χ1v) is 12.0.